The highest BCUT2D eigenvalue weighted by Crippen LogP contribution is 2.58. The second-order valence-corrected chi connectivity index (χ2v) is 7.36. The van der Waals surface area contributed by atoms with Crippen molar-refractivity contribution in [3.05, 3.63) is 42.0 Å². The van der Waals surface area contributed by atoms with Crippen molar-refractivity contribution < 1.29 is 25.8 Å². The monoisotopic (exact) mass is 332 g/mol. The second-order valence-electron chi connectivity index (χ2n) is 5.82. The van der Waals surface area contributed by atoms with Crippen molar-refractivity contribution in [1.82, 2.24) is 0 Å². The molecule has 1 aromatic rings. The number of hydrogen-bond acceptors (Lipinski definition) is 3. The molecule has 2 aliphatic carbocycles. The Morgan fingerprint density at radius 1 is 1.09 bits per heavy atom. The topological polar surface area (TPSA) is 43.4 Å². The summed E-state index contributed by atoms with van der Waals surface area (Å²) in [4.78, 5) is -0.256. The summed E-state index contributed by atoms with van der Waals surface area (Å²) in [5, 5.41) is 0. The maximum Gasteiger partial charge on any atom is 0.420 e. The molecule has 2 aliphatic rings. The minimum absolute atomic E-state index is 0.256. The molecule has 22 heavy (non-hydrogen) atoms. The fourth-order valence-corrected chi connectivity index (χ4v) is 4.61. The van der Waals surface area contributed by atoms with Gasteiger partial charge in [-0.2, -0.15) is 21.6 Å². The Bertz CT molecular complexity index is 691. The van der Waals surface area contributed by atoms with Gasteiger partial charge in [0, 0.05) is 11.8 Å². The maximum absolute atomic E-state index is 13.6. The molecule has 0 spiro atoms. The van der Waals surface area contributed by atoms with E-state index in [1.165, 1.54) is 36.4 Å². The first-order valence-electron chi connectivity index (χ1n) is 6.94. The third kappa shape index (κ3) is 2.18. The fraction of sp³-hybridized carbons (Fsp3) is 0.467. The highest BCUT2D eigenvalue weighted by molar-refractivity contribution is 7.86. The van der Waals surface area contributed by atoms with Gasteiger partial charge in [0.15, 0.2) is 5.60 Å². The first kappa shape index (κ1) is 15.6. The molecule has 3 rings (SSSR count). The predicted molar refractivity (Wildman–Crippen MR) is 73.6 cm³/mol. The van der Waals surface area contributed by atoms with Crippen LogP contribution in [0, 0.1) is 18.8 Å². The van der Waals surface area contributed by atoms with E-state index in [2.05, 4.69) is 0 Å². The SMILES string of the molecule is Cc1ccc(S(=O)(=O)OC2(C(F)(F)F)[C@@H]3C=C[C@H]2CC3)cc1. The number of hydrogen-bond donors (Lipinski definition) is 0. The number of rotatable bonds is 3. The summed E-state index contributed by atoms with van der Waals surface area (Å²) in [6, 6.07) is 5.58. The van der Waals surface area contributed by atoms with Gasteiger partial charge in [-0.15, -0.1) is 0 Å². The van der Waals surface area contributed by atoms with Gasteiger partial charge in [0.1, 0.15) is 0 Å². The molecular weight excluding hydrogens is 317 g/mol. The maximum atomic E-state index is 13.6. The number of aryl methyl sites for hydroxylation is 1. The Hall–Kier alpha value is -1.34. The molecule has 0 heterocycles. The van der Waals surface area contributed by atoms with E-state index < -0.39 is 33.7 Å². The summed E-state index contributed by atoms with van der Waals surface area (Å²) in [6.07, 6.45) is -1.34. The minimum Gasteiger partial charge on any atom is -0.249 e. The van der Waals surface area contributed by atoms with Crippen molar-refractivity contribution in [2.24, 2.45) is 11.8 Å². The number of alkyl halides is 3. The molecule has 120 valence electrons. The van der Waals surface area contributed by atoms with E-state index in [0.29, 0.717) is 0 Å². The van der Waals surface area contributed by atoms with Crippen LogP contribution >= 0.6 is 0 Å². The normalized spacial score (nSPS) is 30.9. The van der Waals surface area contributed by atoms with Crippen LogP contribution in [0.15, 0.2) is 41.3 Å². The van der Waals surface area contributed by atoms with Crippen LogP contribution in [0.5, 0.6) is 0 Å². The van der Waals surface area contributed by atoms with Gasteiger partial charge in [-0.05, 0) is 31.9 Å². The van der Waals surface area contributed by atoms with Crippen molar-refractivity contribution in [2.75, 3.05) is 0 Å². The molecule has 1 aromatic carbocycles. The second kappa shape index (κ2) is 4.83. The first-order chi connectivity index (χ1) is 10.2. The molecule has 1 unspecified atom stereocenters. The molecule has 3 atom stereocenters. The molecule has 0 aliphatic heterocycles. The largest absolute Gasteiger partial charge is 0.420 e. The highest BCUT2D eigenvalue weighted by Gasteiger charge is 2.70. The molecule has 2 bridgehead atoms. The molecule has 1 saturated carbocycles. The van der Waals surface area contributed by atoms with Gasteiger partial charge in [-0.25, -0.2) is 4.18 Å². The van der Waals surface area contributed by atoms with Crippen LogP contribution in [0.1, 0.15) is 18.4 Å². The zero-order chi connectivity index (χ0) is 16.2. The lowest BCUT2D eigenvalue weighted by Gasteiger charge is -2.35. The molecule has 0 amide bonds. The lowest BCUT2D eigenvalue weighted by molar-refractivity contribution is -0.261. The first-order valence-corrected chi connectivity index (χ1v) is 8.35. The van der Waals surface area contributed by atoms with Gasteiger partial charge in [-0.1, -0.05) is 29.8 Å². The Labute approximate surface area is 126 Å². The predicted octanol–water partition coefficient (Wildman–Crippen LogP) is 3.60. The van der Waals surface area contributed by atoms with Crippen LogP contribution in [0.2, 0.25) is 0 Å². The van der Waals surface area contributed by atoms with Crippen molar-refractivity contribution in [1.29, 1.82) is 0 Å². The van der Waals surface area contributed by atoms with E-state index in [9.17, 15) is 21.6 Å². The Balaban J connectivity index is 2.01. The molecular formula is C15H15F3O3S. The zero-order valence-corrected chi connectivity index (χ0v) is 12.6. The van der Waals surface area contributed by atoms with Gasteiger partial charge in [-0.3, -0.25) is 0 Å². The van der Waals surface area contributed by atoms with Crippen molar-refractivity contribution in [3.8, 4) is 0 Å². The molecule has 3 nitrogen and oxygen atoms in total. The van der Waals surface area contributed by atoms with Crippen molar-refractivity contribution in [3.63, 3.8) is 0 Å². The van der Waals surface area contributed by atoms with Gasteiger partial charge in [0.05, 0.1) is 4.90 Å². The van der Waals surface area contributed by atoms with Gasteiger partial charge >= 0.3 is 6.18 Å². The lowest BCUT2D eigenvalue weighted by atomic mass is 9.90. The van der Waals surface area contributed by atoms with Crippen LogP contribution in [0.3, 0.4) is 0 Å². The van der Waals surface area contributed by atoms with Gasteiger partial charge in [0.2, 0.25) is 0 Å². The smallest absolute Gasteiger partial charge is 0.249 e. The summed E-state index contributed by atoms with van der Waals surface area (Å²) in [5.74, 6) is -1.89. The fourth-order valence-electron chi connectivity index (χ4n) is 3.34. The Kier molecular flexibility index (Phi) is 3.41. The molecule has 0 saturated heterocycles. The highest BCUT2D eigenvalue weighted by atomic mass is 32.2. The van der Waals surface area contributed by atoms with Crippen LogP contribution in [-0.4, -0.2) is 20.2 Å². The summed E-state index contributed by atoms with van der Waals surface area (Å²) < 4.78 is 70.4. The Morgan fingerprint density at radius 2 is 1.59 bits per heavy atom. The van der Waals surface area contributed by atoms with Gasteiger partial charge < -0.3 is 0 Å². The third-order valence-corrected chi connectivity index (χ3v) is 5.81. The van der Waals surface area contributed by atoms with E-state index in [-0.39, 0.29) is 17.7 Å². The summed E-state index contributed by atoms with van der Waals surface area (Å²) in [6.45, 7) is 1.76. The molecule has 0 N–H and O–H groups in total. The number of benzene rings is 1. The minimum atomic E-state index is -4.75. The van der Waals surface area contributed by atoms with Crippen LogP contribution in [0.4, 0.5) is 13.2 Å². The van der Waals surface area contributed by atoms with Crippen molar-refractivity contribution >= 4 is 10.1 Å². The third-order valence-electron chi connectivity index (χ3n) is 4.47. The van der Waals surface area contributed by atoms with E-state index in [1.54, 1.807) is 6.92 Å². The van der Waals surface area contributed by atoms with Crippen LogP contribution in [-0.2, 0) is 14.3 Å². The average molecular weight is 332 g/mol. The van der Waals surface area contributed by atoms with E-state index >= 15 is 0 Å². The molecule has 7 heteroatoms. The van der Waals surface area contributed by atoms with E-state index in [4.69, 9.17) is 4.18 Å². The van der Waals surface area contributed by atoms with Crippen LogP contribution < -0.4 is 0 Å². The summed E-state index contributed by atoms with van der Waals surface area (Å²) in [5.41, 5.74) is -1.84. The van der Waals surface area contributed by atoms with Crippen molar-refractivity contribution in [2.45, 2.75) is 36.4 Å². The quantitative estimate of drug-likeness (QED) is 0.627. The number of halogens is 3. The standard InChI is InChI=1S/C15H15F3O3S/c1-10-2-8-13(9-3-10)22(19,20)21-14(15(16,17)18)11-4-5-12(14)7-6-11/h2-5,8-9,11-12H,6-7H2,1H3/t11-,12+,14?. The molecule has 0 aromatic heterocycles. The van der Waals surface area contributed by atoms with E-state index in [0.717, 1.165) is 5.56 Å². The lowest BCUT2D eigenvalue weighted by Crippen LogP contribution is -2.53. The average Bonchev–Trinajstić information content (AvgIpc) is 2.94. The van der Waals surface area contributed by atoms with Gasteiger partial charge in [0.25, 0.3) is 10.1 Å². The molecule has 1 fully saturated rings. The summed E-state index contributed by atoms with van der Waals surface area (Å²) >= 11 is 0. The Morgan fingerprint density at radius 3 is 2.00 bits per heavy atom. The van der Waals surface area contributed by atoms with Crippen LogP contribution in [0.25, 0.3) is 0 Å². The van der Waals surface area contributed by atoms with E-state index in [1.807, 2.05) is 0 Å². The summed E-state index contributed by atoms with van der Waals surface area (Å²) in [7, 11) is -4.49. The molecule has 0 radical (unpaired) electrons. The zero-order valence-electron chi connectivity index (χ0n) is 11.8. The number of fused-ring (bicyclic) bond motifs is 2.